The minimum Gasteiger partial charge on any atom is -0.481 e. The van der Waals surface area contributed by atoms with E-state index in [1.807, 2.05) is 6.92 Å². The summed E-state index contributed by atoms with van der Waals surface area (Å²) in [5.74, 6) is -0.293. The Labute approximate surface area is 69.8 Å². The second-order valence-corrected chi connectivity index (χ2v) is 3.68. The number of hydrogen-bond donors (Lipinski definition) is 1. The highest BCUT2D eigenvalue weighted by molar-refractivity contribution is 9.09. The van der Waals surface area contributed by atoms with Gasteiger partial charge in [0, 0.05) is 4.83 Å². The molecule has 0 aromatic carbocycles. The monoisotopic (exact) mass is 208 g/mol. The number of halogens is 1. The quantitative estimate of drug-likeness (QED) is 0.721. The van der Waals surface area contributed by atoms with E-state index >= 15 is 0 Å². The predicted octanol–water partition coefficient (Wildman–Crippen LogP) is 2.27. The molecule has 0 aromatic rings. The Balaban J connectivity index is 3.61. The van der Waals surface area contributed by atoms with Crippen molar-refractivity contribution in [3.63, 3.8) is 0 Å². The molecule has 2 nitrogen and oxygen atoms in total. The van der Waals surface area contributed by atoms with Gasteiger partial charge in [0.25, 0.3) is 0 Å². The van der Waals surface area contributed by atoms with E-state index in [1.54, 1.807) is 0 Å². The SMILES string of the molecule is CCC(C)C(Br)CC(=O)O. The average Bonchev–Trinajstić information content (AvgIpc) is 1.85. The molecule has 0 saturated heterocycles. The maximum atomic E-state index is 10.2. The summed E-state index contributed by atoms with van der Waals surface area (Å²) in [5.41, 5.74) is 0. The molecule has 0 aliphatic rings. The van der Waals surface area contributed by atoms with Crippen LogP contribution in [-0.2, 0) is 4.79 Å². The molecule has 0 amide bonds. The van der Waals surface area contributed by atoms with Crippen molar-refractivity contribution in [3.05, 3.63) is 0 Å². The molecule has 2 atom stereocenters. The molecule has 0 rings (SSSR count). The van der Waals surface area contributed by atoms with Crippen LogP contribution in [0, 0.1) is 5.92 Å². The Morgan fingerprint density at radius 2 is 2.20 bits per heavy atom. The molecule has 0 saturated carbocycles. The van der Waals surface area contributed by atoms with Crippen LogP contribution in [-0.4, -0.2) is 15.9 Å². The zero-order valence-corrected chi connectivity index (χ0v) is 7.89. The lowest BCUT2D eigenvalue weighted by molar-refractivity contribution is -0.137. The van der Waals surface area contributed by atoms with Crippen molar-refractivity contribution in [2.24, 2.45) is 5.92 Å². The van der Waals surface area contributed by atoms with Crippen LogP contribution in [0.5, 0.6) is 0 Å². The van der Waals surface area contributed by atoms with Crippen molar-refractivity contribution in [1.82, 2.24) is 0 Å². The van der Waals surface area contributed by atoms with Gasteiger partial charge in [0.15, 0.2) is 0 Å². The topological polar surface area (TPSA) is 37.3 Å². The lowest BCUT2D eigenvalue weighted by Crippen LogP contribution is -2.14. The summed E-state index contributed by atoms with van der Waals surface area (Å²) in [6.07, 6.45) is 1.23. The maximum absolute atomic E-state index is 10.2. The van der Waals surface area contributed by atoms with E-state index < -0.39 is 5.97 Å². The first-order chi connectivity index (χ1) is 4.57. The summed E-state index contributed by atoms with van der Waals surface area (Å²) in [6, 6.07) is 0. The molecular weight excluding hydrogens is 196 g/mol. The van der Waals surface area contributed by atoms with Gasteiger partial charge in [-0.05, 0) is 5.92 Å². The van der Waals surface area contributed by atoms with Crippen molar-refractivity contribution in [1.29, 1.82) is 0 Å². The predicted molar refractivity (Wildman–Crippen MR) is 44.4 cm³/mol. The Morgan fingerprint density at radius 1 is 1.70 bits per heavy atom. The smallest absolute Gasteiger partial charge is 0.304 e. The van der Waals surface area contributed by atoms with Crippen molar-refractivity contribution >= 4 is 21.9 Å². The highest BCUT2D eigenvalue weighted by Crippen LogP contribution is 2.18. The Bertz CT molecular complexity index is 114. The van der Waals surface area contributed by atoms with Gasteiger partial charge in [0.2, 0.25) is 0 Å². The third-order valence-electron chi connectivity index (χ3n) is 1.63. The van der Waals surface area contributed by atoms with E-state index in [9.17, 15) is 4.79 Å². The molecular formula is C7H13BrO2. The van der Waals surface area contributed by atoms with Crippen LogP contribution in [0.2, 0.25) is 0 Å². The van der Waals surface area contributed by atoms with Crippen LogP contribution in [0.1, 0.15) is 26.7 Å². The highest BCUT2D eigenvalue weighted by Gasteiger charge is 2.14. The first kappa shape index (κ1) is 9.95. The first-order valence-electron chi connectivity index (χ1n) is 3.43. The summed E-state index contributed by atoms with van der Waals surface area (Å²) < 4.78 is 0. The third-order valence-corrected chi connectivity index (χ3v) is 2.86. The number of alkyl halides is 1. The molecule has 0 bridgehead atoms. The lowest BCUT2D eigenvalue weighted by Gasteiger charge is -2.13. The summed E-state index contributed by atoms with van der Waals surface area (Å²) in [4.78, 5) is 10.3. The number of hydrogen-bond acceptors (Lipinski definition) is 1. The van der Waals surface area contributed by atoms with Crippen LogP contribution < -0.4 is 0 Å². The number of carboxylic acids is 1. The fourth-order valence-corrected chi connectivity index (χ4v) is 1.27. The van der Waals surface area contributed by atoms with Gasteiger partial charge < -0.3 is 5.11 Å². The fourth-order valence-electron chi connectivity index (χ4n) is 0.624. The molecule has 0 aromatic heterocycles. The normalized spacial score (nSPS) is 16.3. The number of carbonyl (C=O) groups is 1. The van der Waals surface area contributed by atoms with Crippen molar-refractivity contribution in [2.75, 3.05) is 0 Å². The molecule has 0 aliphatic carbocycles. The molecule has 0 aliphatic heterocycles. The van der Waals surface area contributed by atoms with Gasteiger partial charge in [-0.3, -0.25) is 4.79 Å². The van der Waals surface area contributed by atoms with Crippen LogP contribution >= 0.6 is 15.9 Å². The zero-order valence-electron chi connectivity index (χ0n) is 6.30. The second-order valence-electron chi connectivity index (χ2n) is 2.50. The van der Waals surface area contributed by atoms with E-state index in [2.05, 4.69) is 22.9 Å². The minimum atomic E-state index is -0.734. The molecule has 0 radical (unpaired) electrons. The zero-order chi connectivity index (χ0) is 8.15. The maximum Gasteiger partial charge on any atom is 0.304 e. The van der Waals surface area contributed by atoms with Crippen LogP contribution in [0.4, 0.5) is 0 Å². The minimum absolute atomic E-state index is 0.120. The van der Waals surface area contributed by atoms with Gasteiger partial charge in [-0.1, -0.05) is 36.2 Å². The van der Waals surface area contributed by atoms with Crippen molar-refractivity contribution < 1.29 is 9.90 Å². The van der Waals surface area contributed by atoms with E-state index in [1.165, 1.54) is 0 Å². The standard InChI is InChI=1S/C7H13BrO2/c1-3-5(2)6(8)4-7(9)10/h5-6H,3-4H2,1-2H3,(H,9,10). The molecule has 2 unspecified atom stereocenters. The Morgan fingerprint density at radius 3 is 2.50 bits per heavy atom. The van der Waals surface area contributed by atoms with E-state index in [0.29, 0.717) is 5.92 Å². The molecule has 10 heavy (non-hydrogen) atoms. The number of aliphatic carboxylic acids is 1. The van der Waals surface area contributed by atoms with Crippen LogP contribution in [0.15, 0.2) is 0 Å². The summed E-state index contributed by atoms with van der Waals surface area (Å²) in [5, 5.41) is 8.40. The Hall–Kier alpha value is -0.0500. The third kappa shape index (κ3) is 3.88. The molecule has 60 valence electrons. The van der Waals surface area contributed by atoms with Crippen LogP contribution in [0.25, 0.3) is 0 Å². The van der Waals surface area contributed by atoms with E-state index in [4.69, 9.17) is 5.11 Å². The van der Waals surface area contributed by atoms with Crippen LogP contribution in [0.3, 0.4) is 0 Å². The fraction of sp³-hybridized carbons (Fsp3) is 0.857. The second kappa shape index (κ2) is 4.72. The summed E-state index contributed by atoms with van der Waals surface area (Å²) in [6.45, 7) is 4.10. The molecule has 0 spiro atoms. The summed E-state index contributed by atoms with van der Waals surface area (Å²) >= 11 is 3.32. The molecule has 0 heterocycles. The average molecular weight is 209 g/mol. The first-order valence-corrected chi connectivity index (χ1v) is 4.35. The lowest BCUT2D eigenvalue weighted by atomic mass is 10.0. The summed E-state index contributed by atoms with van der Waals surface area (Å²) in [7, 11) is 0. The van der Waals surface area contributed by atoms with Gasteiger partial charge in [0.1, 0.15) is 0 Å². The van der Waals surface area contributed by atoms with Gasteiger partial charge in [-0.15, -0.1) is 0 Å². The van der Waals surface area contributed by atoms with Gasteiger partial charge in [-0.2, -0.15) is 0 Å². The van der Waals surface area contributed by atoms with E-state index in [0.717, 1.165) is 6.42 Å². The number of rotatable bonds is 4. The molecule has 1 N–H and O–H groups in total. The van der Waals surface area contributed by atoms with Crippen molar-refractivity contribution in [3.8, 4) is 0 Å². The Kier molecular flexibility index (Phi) is 4.69. The van der Waals surface area contributed by atoms with Crippen molar-refractivity contribution in [2.45, 2.75) is 31.5 Å². The largest absolute Gasteiger partial charge is 0.481 e. The van der Waals surface area contributed by atoms with Gasteiger partial charge >= 0.3 is 5.97 Å². The van der Waals surface area contributed by atoms with Gasteiger partial charge in [-0.25, -0.2) is 0 Å². The van der Waals surface area contributed by atoms with Gasteiger partial charge in [0.05, 0.1) is 6.42 Å². The molecule has 0 fully saturated rings. The van der Waals surface area contributed by atoms with E-state index in [-0.39, 0.29) is 11.2 Å². The number of carboxylic acid groups (broad SMARTS) is 1. The molecule has 3 heteroatoms. The highest BCUT2D eigenvalue weighted by atomic mass is 79.9.